The molecule has 0 aliphatic carbocycles. The standard InChI is InChI=1S/C80H157NO5/c1-3-5-7-9-11-13-15-17-19-21-22-23-24-32-35-38-41-44-48-52-56-60-64-68-72-78(83)77(76-82)81-79(84)73-69-65-61-57-53-49-45-42-39-36-33-30-28-26-25-27-29-31-34-37-40-43-47-51-55-59-63-67-71-75-86-80(85)74-70-66-62-58-54-50-46-20-18-16-14-12-10-8-6-4-2/h25,27,77-78,82-83H,3-24,26,28-76H2,1-2H3,(H,81,84)/b27-25-. The average molecular weight is 1210 g/mol. The number of rotatable bonds is 76. The number of unbranched alkanes of at least 4 members (excludes halogenated alkanes) is 63. The molecule has 86 heavy (non-hydrogen) atoms. The van der Waals surface area contributed by atoms with Gasteiger partial charge in [0, 0.05) is 12.8 Å². The maximum Gasteiger partial charge on any atom is 0.305 e. The number of carbonyl (C=O) groups excluding carboxylic acids is 2. The zero-order chi connectivity index (χ0) is 62.0. The number of esters is 1. The Morgan fingerprint density at radius 2 is 0.547 bits per heavy atom. The molecule has 0 aliphatic rings. The van der Waals surface area contributed by atoms with Crippen molar-refractivity contribution in [2.45, 2.75) is 475 Å². The first-order valence-electron chi connectivity index (χ1n) is 39.9. The van der Waals surface area contributed by atoms with Crippen molar-refractivity contribution in [2.24, 2.45) is 0 Å². The highest BCUT2D eigenvalue weighted by Crippen LogP contribution is 2.20. The number of amides is 1. The Morgan fingerprint density at radius 3 is 0.826 bits per heavy atom. The summed E-state index contributed by atoms with van der Waals surface area (Å²) in [7, 11) is 0. The first-order chi connectivity index (χ1) is 42.5. The third-order valence-electron chi connectivity index (χ3n) is 19.1. The molecular formula is C80H157NO5. The second kappa shape index (κ2) is 76.1. The maximum absolute atomic E-state index is 12.6. The van der Waals surface area contributed by atoms with Crippen LogP contribution in [-0.4, -0.2) is 47.4 Å². The van der Waals surface area contributed by atoms with Crippen molar-refractivity contribution in [1.29, 1.82) is 0 Å². The van der Waals surface area contributed by atoms with Gasteiger partial charge < -0.3 is 20.3 Å². The van der Waals surface area contributed by atoms with Crippen LogP contribution in [0.2, 0.25) is 0 Å². The highest BCUT2D eigenvalue weighted by molar-refractivity contribution is 5.76. The minimum absolute atomic E-state index is 0.0214. The normalized spacial score (nSPS) is 12.5. The average Bonchev–Trinajstić information content (AvgIpc) is 3.58. The van der Waals surface area contributed by atoms with E-state index in [-0.39, 0.29) is 18.5 Å². The van der Waals surface area contributed by atoms with E-state index < -0.39 is 12.1 Å². The number of aliphatic hydroxyl groups is 2. The molecule has 0 rings (SSSR count). The number of allylic oxidation sites excluding steroid dienone is 2. The maximum atomic E-state index is 12.6. The minimum atomic E-state index is -0.665. The largest absolute Gasteiger partial charge is 0.466 e. The fraction of sp³-hybridized carbons (Fsp3) is 0.950. The summed E-state index contributed by atoms with van der Waals surface area (Å²) in [6.45, 7) is 5.02. The van der Waals surface area contributed by atoms with Gasteiger partial charge in [-0.25, -0.2) is 0 Å². The SMILES string of the molecule is CCCCCCCCCCCCCCCCCCCCCCCCCCC(O)C(CO)NC(=O)CCCCCCCCCCCCCCC/C=C\CCCCCCCCCCCCCCOC(=O)CCCCCCCCCCCCCCCCCC. The lowest BCUT2D eigenvalue weighted by Gasteiger charge is -2.22. The Hall–Kier alpha value is -1.40. The molecule has 0 aromatic heterocycles. The summed E-state index contributed by atoms with van der Waals surface area (Å²) in [4.78, 5) is 24.7. The number of ether oxygens (including phenoxy) is 1. The highest BCUT2D eigenvalue weighted by atomic mass is 16.5. The Balaban J connectivity index is 3.36. The van der Waals surface area contributed by atoms with Crippen LogP contribution in [0.1, 0.15) is 463 Å². The van der Waals surface area contributed by atoms with E-state index in [2.05, 4.69) is 31.3 Å². The molecule has 0 spiro atoms. The van der Waals surface area contributed by atoms with E-state index in [0.717, 1.165) is 38.5 Å². The first-order valence-corrected chi connectivity index (χ1v) is 39.9. The Bertz CT molecular complexity index is 1300. The first kappa shape index (κ1) is 84.6. The lowest BCUT2D eigenvalue weighted by Crippen LogP contribution is -2.45. The van der Waals surface area contributed by atoms with Crippen LogP contribution in [0.5, 0.6) is 0 Å². The van der Waals surface area contributed by atoms with Gasteiger partial charge >= 0.3 is 5.97 Å². The lowest BCUT2D eigenvalue weighted by molar-refractivity contribution is -0.143. The van der Waals surface area contributed by atoms with Crippen LogP contribution in [-0.2, 0) is 14.3 Å². The Kier molecular flexibility index (Phi) is 74.8. The van der Waals surface area contributed by atoms with E-state index in [0.29, 0.717) is 25.9 Å². The summed E-state index contributed by atoms with van der Waals surface area (Å²) in [5.41, 5.74) is 0. The van der Waals surface area contributed by atoms with Crippen molar-refractivity contribution in [2.75, 3.05) is 13.2 Å². The molecule has 0 saturated carbocycles. The summed E-state index contributed by atoms with van der Waals surface area (Å²) in [5, 5.41) is 23.5. The van der Waals surface area contributed by atoms with Gasteiger partial charge in [0.05, 0.1) is 25.4 Å². The summed E-state index contributed by atoms with van der Waals surface area (Å²) in [6, 6.07) is -0.542. The van der Waals surface area contributed by atoms with Crippen molar-refractivity contribution in [3.8, 4) is 0 Å². The molecule has 2 atom stereocenters. The summed E-state index contributed by atoms with van der Waals surface area (Å²) < 4.78 is 5.51. The van der Waals surface area contributed by atoms with E-state index in [1.165, 1.54) is 392 Å². The van der Waals surface area contributed by atoms with Gasteiger partial charge in [0.25, 0.3) is 0 Å². The van der Waals surface area contributed by atoms with Gasteiger partial charge in [-0.3, -0.25) is 9.59 Å². The van der Waals surface area contributed by atoms with Crippen molar-refractivity contribution >= 4 is 11.9 Å². The molecule has 0 aromatic rings. The molecule has 6 heteroatoms. The van der Waals surface area contributed by atoms with Gasteiger partial charge in [-0.15, -0.1) is 0 Å². The third kappa shape index (κ3) is 71.7. The molecule has 0 saturated heterocycles. The summed E-state index contributed by atoms with van der Waals surface area (Å²) in [5.74, 6) is -0.00658. The van der Waals surface area contributed by atoms with Crippen LogP contribution >= 0.6 is 0 Å². The van der Waals surface area contributed by atoms with Crippen LogP contribution in [0.3, 0.4) is 0 Å². The molecule has 6 nitrogen and oxygen atoms in total. The molecule has 512 valence electrons. The zero-order valence-electron chi connectivity index (χ0n) is 58.8. The number of hydrogen-bond donors (Lipinski definition) is 3. The van der Waals surface area contributed by atoms with E-state index in [9.17, 15) is 19.8 Å². The van der Waals surface area contributed by atoms with Crippen molar-refractivity contribution in [3.63, 3.8) is 0 Å². The van der Waals surface area contributed by atoms with Crippen LogP contribution in [0.4, 0.5) is 0 Å². The van der Waals surface area contributed by atoms with E-state index in [4.69, 9.17) is 4.74 Å². The molecule has 1 amide bonds. The Morgan fingerprint density at radius 1 is 0.314 bits per heavy atom. The van der Waals surface area contributed by atoms with Crippen LogP contribution in [0.25, 0.3) is 0 Å². The van der Waals surface area contributed by atoms with Gasteiger partial charge in [0.1, 0.15) is 0 Å². The van der Waals surface area contributed by atoms with Crippen molar-refractivity contribution in [3.05, 3.63) is 12.2 Å². The highest BCUT2D eigenvalue weighted by Gasteiger charge is 2.20. The predicted molar refractivity (Wildman–Crippen MR) is 380 cm³/mol. The monoisotopic (exact) mass is 1210 g/mol. The van der Waals surface area contributed by atoms with Gasteiger partial charge in [-0.2, -0.15) is 0 Å². The number of aliphatic hydroxyl groups excluding tert-OH is 2. The number of hydrogen-bond acceptors (Lipinski definition) is 5. The lowest BCUT2D eigenvalue weighted by atomic mass is 10.0. The molecule has 2 unspecified atom stereocenters. The molecule has 0 fully saturated rings. The summed E-state index contributed by atoms with van der Waals surface area (Å²) >= 11 is 0. The molecule has 0 aliphatic heterocycles. The molecule has 0 heterocycles. The summed E-state index contributed by atoms with van der Waals surface area (Å²) in [6.07, 6.45) is 95.9. The van der Waals surface area contributed by atoms with Gasteiger partial charge in [-0.05, 0) is 51.4 Å². The van der Waals surface area contributed by atoms with Gasteiger partial charge in [0.15, 0.2) is 0 Å². The van der Waals surface area contributed by atoms with Crippen LogP contribution < -0.4 is 5.32 Å². The van der Waals surface area contributed by atoms with E-state index in [1.807, 2.05) is 0 Å². The van der Waals surface area contributed by atoms with Crippen LogP contribution in [0, 0.1) is 0 Å². The fourth-order valence-electron chi connectivity index (χ4n) is 13.0. The second-order valence-corrected chi connectivity index (χ2v) is 27.8. The minimum Gasteiger partial charge on any atom is -0.466 e. The fourth-order valence-corrected chi connectivity index (χ4v) is 13.0. The molecule has 0 bridgehead atoms. The molecule has 3 N–H and O–H groups in total. The third-order valence-corrected chi connectivity index (χ3v) is 19.1. The smallest absolute Gasteiger partial charge is 0.305 e. The quantitative estimate of drug-likeness (QED) is 0.0320. The molecule has 0 aromatic carbocycles. The van der Waals surface area contributed by atoms with E-state index >= 15 is 0 Å². The van der Waals surface area contributed by atoms with Crippen molar-refractivity contribution < 1.29 is 24.5 Å². The van der Waals surface area contributed by atoms with Gasteiger partial charge in [-0.1, -0.05) is 411 Å². The second-order valence-electron chi connectivity index (χ2n) is 27.8. The number of carbonyl (C=O) groups is 2. The molecule has 0 radical (unpaired) electrons. The van der Waals surface area contributed by atoms with Gasteiger partial charge in [0.2, 0.25) is 5.91 Å². The predicted octanol–water partition coefficient (Wildman–Crippen LogP) is 26.3. The zero-order valence-corrected chi connectivity index (χ0v) is 58.8. The molecular weight excluding hydrogens is 1050 g/mol. The van der Waals surface area contributed by atoms with Crippen molar-refractivity contribution in [1.82, 2.24) is 5.32 Å². The Labute approximate surface area is 539 Å². The van der Waals surface area contributed by atoms with E-state index in [1.54, 1.807) is 0 Å². The topological polar surface area (TPSA) is 95.9 Å². The number of nitrogens with one attached hydrogen (secondary N) is 1. The van der Waals surface area contributed by atoms with Crippen LogP contribution in [0.15, 0.2) is 12.2 Å².